The normalized spacial score (nSPS) is 17.3. The van der Waals surface area contributed by atoms with Gasteiger partial charge in [0.05, 0.1) is 10.0 Å². The second-order valence-corrected chi connectivity index (χ2v) is 6.74. The molecule has 1 aliphatic rings. The Bertz CT molecular complexity index is 556. The number of rotatable bonds is 3. The highest BCUT2D eigenvalue weighted by Crippen LogP contribution is 2.30. The molecule has 18 heavy (non-hydrogen) atoms. The zero-order valence-corrected chi connectivity index (χ0v) is 11.7. The molecule has 0 aliphatic heterocycles. The molecular formula is C11H12Cl2FNO2S. The summed E-state index contributed by atoms with van der Waals surface area (Å²) in [6.07, 6.45) is 3.59. The van der Waals surface area contributed by atoms with E-state index in [1.807, 2.05) is 0 Å². The van der Waals surface area contributed by atoms with Crippen molar-refractivity contribution in [1.82, 2.24) is 4.72 Å². The van der Waals surface area contributed by atoms with E-state index in [0.29, 0.717) is 0 Å². The second-order valence-electron chi connectivity index (χ2n) is 4.28. The number of hydrogen-bond acceptors (Lipinski definition) is 2. The van der Waals surface area contributed by atoms with Crippen molar-refractivity contribution in [2.75, 3.05) is 0 Å². The SMILES string of the molecule is O=S(=O)(NC1CCCC1)c1ccc(Cl)c(F)c1Cl. The van der Waals surface area contributed by atoms with E-state index in [1.54, 1.807) is 0 Å². The molecule has 0 amide bonds. The maximum atomic E-state index is 13.5. The Morgan fingerprint density at radius 2 is 1.83 bits per heavy atom. The Balaban J connectivity index is 2.32. The summed E-state index contributed by atoms with van der Waals surface area (Å²) in [4.78, 5) is -0.266. The minimum Gasteiger partial charge on any atom is -0.208 e. The summed E-state index contributed by atoms with van der Waals surface area (Å²) < 4.78 is 40.2. The van der Waals surface area contributed by atoms with Crippen molar-refractivity contribution in [3.63, 3.8) is 0 Å². The van der Waals surface area contributed by atoms with E-state index >= 15 is 0 Å². The predicted octanol–water partition coefficient (Wildman–Crippen LogP) is 3.35. The van der Waals surface area contributed by atoms with Crippen molar-refractivity contribution in [1.29, 1.82) is 0 Å². The summed E-state index contributed by atoms with van der Waals surface area (Å²) in [7, 11) is -3.79. The fraction of sp³-hybridized carbons (Fsp3) is 0.455. The Morgan fingerprint density at radius 1 is 1.22 bits per heavy atom. The average Bonchev–Trinajstić information content (AvgIpc) is 2.77. The van der Waals surface area contributed by atoms with Crippen LogP contribution in [0.4, 0.5) is 4.39 Å². The van der Waals surface area contributed by atoms with Gasteiger partial charge in [0.25, 0.3) is 0 Å². The van der Waals surface area contributed by atoms with E-state index in [0.717, 1.165) is 25.7 Å². The van der Waals surface area contributed by atoms with Crippen LogP contribution < -0.4 is 4.72 Å². The van der Waals surface area contributed by atoms with Crippen molar-refractivity contribution in [3.05, 3.63) is 28.0 Å². The predicted molar refractivity (Wildman–Crippen MR) is 69.0 cm³/mol. The fourth-order valence-electron chi connectivity index (χ4n) is 2.04. The minimum absolute atomic E-state index is 0.0928. The number of benzene rings is 1. The zero-order valence-electron chi connectivity index (χ0n) is 9.42. The summed E-state index contributed by atoms with van der Waals surface area (Å²) >= 11 is 11.2. The number of hydrogen-bond donors (Lipinski definition) is 1. The van der Waals surface area contributed by atoms with E-state index in [2.05, 4.69) is 4.72 Å². The van der Waals surface area contributed by atoms with Crippen molar-refractivity contribution in [3.8, 4) is 0 Å². The van der Waals surface area contributed by atoms with Crippen LogP contribution in [0.5, 0.6) is 0 Å². The molecule has 0 unspecified atom stereocenters. The maximum absolute atomic E-state index is 13.5. The van der Waals surface area contributed by atoms with Crippen LogP contribution in [0.25, 0.3) is 0 Å². The van der Waals surface area contributed by atoms with Gasteiger partial charge >= 0.3 is 0 Å². The van der Waals surface area contributed by atoms with E-state index in [9.17, 15) is 12.8 Å². The molecule has 0 radical (unpaired) electrons. The lowest BCUT2D eigenvalue weighted by Crippen LogP contribution is -2.32. The lowest BCUT2D eigenvalue weighted by Gasteiger charge is -2.13. The lowest BCUT2D eigenvalue weighted by molar-refractivity contribution is 0.550. The zero-order chi connectivity index (χ0) is 13.3. The molecule has 7 heteroatoms. The smallest absolute Gasteiger partial charge is 0.208 e. The highest BCUT2D eigenvalue weighted by Gasteiger charge is 2.26. The Labute approximate surface area is 115 Å². The number of sulfonamides is 1. The summed E-state index contributed by atoms with van der Waals surface area (Å²) in [5.41, 5.74) is 0. The first kappa shape index (κ1) is 14.1. The van der Waals surface area contributed by atoms with Gasteiger partial charge in [0, 0.05) is 6.04 Å². The molecule has 1 aliphatic carbocycles. The molecule has 0 aromatic heterocycles. The molecule has 1 aromatic carbocycles. The van der Waals surface area contributed by atoms with Crippen molar-refractivity contribution in [2.24, 2.45) is 0 Å². The fourth-order valence-corrected chi connectivity index (χ4v) is 4.09. The Hall–Kier alpha value is -0.360. The van der Waals surface area contributed by atoms with Gasteiger partial charge in [-0.15, -0.1) is 0 Å². The average molecular weight is 312 g/mol. The summed E-state index contributed by atoms with van der Waals surface area (Å²) in [5.74, 6) is -0.910. The van der Waals surface area contributed by atoms with Crippen molar-refractivity contribution < 1.29 is 12.8 Å². The van der Waals surface area contributed by atoms with Crippen molar-refractivity contribution >= 4 is 33.2 Å². The van der Waals surface area contributed by atoms with Gasteiger partial charge in [0.15, 0.2) is 5.82 Å². The van der Waals surface area contributed by atoms with Crippen LogP contribution in [0.2, 0.25) is 10.0 Å². The van der Waals surface area contributed by atoms with Gasteiger partial charge in [0.1, 0.15) is 4.90 Å². The quantitative estimate of drug-likeness (QED) is 0.870. The molecule has 0 atom stereocenters. The maximum Gasteiger partial charge on any atom is 0.242 e. The van der Waals surface area contributed by atoms with Gasteiger partial charge in [-0.05, 0) is 25.0 Å². The lowest BCUT2D eigenvalue weighted by atomic mass is 10.3. The molecule has 1 saturated carbocycles. The molecular weight excluding hydrogens is 300 g/mol. The van der Waals surface area contributed by atoms with Crippen LogP contribution in [0.15, 0.2) is 17.0 Å². The van der Waals surface area contributed by atoms with Crippen LogP contribution in [0.3, 0.4) is 0 Å². The molecule has 0 saturated heterocycles. The molecule has 3 nitrogen and oxygen atoms in total. The highest BCUT2D eigenvalue weighted by molar-refractivity contribution is 7.89. The Morgan fingerprint density at radius 3 is 2.44 bits per heavy atom. The largest absolute Gasteiger partial charge is 0.242 e. The van der Waals surface area contributed by atoms with Gasteiger partial charge in [-0.2, -0.15) is 0 Å². The van der Waals surface area contributed by atoms with E-state index in [4.69, 9.17) is 23.2 Å². The van der Waals surface area contributed by atoms with Gasteiger partial charge < -0.3 is 0 Å². The molecule has 1 aromatic rings. The molecule has 0 bridgehead atoms. The van der Waals surface area contributed by atoms with E-state index in [-0.39, 0.29) is 16.0 Å². The number of halogens is 3. The van der Waals surface area contributed by atoms with Crippen LogP contribution in [0, 0.1) is 5.82 Å². The standard InChI is InChI=1S/C11H12Cl2FNO2S/c12-8-5-6-9(10(13)11(8)14)18(16,17)15-7-3-1-2-4-7/h5-7,15H,1-4H2. The van der Waals surface area contributed by atoms with Crippen molar-refractivity contribution in [2.45, 2.75) is 36.6 Å². The van der Waals surface area contributed by atoms with Gasteiger partial charge in [-0.1, -0.05) is 36.0 Å². The van der Waals surface area contributed by atoms with Gasteiger partial charge in [0.2, 0.25) is 10.0 Å². The molecule has 0 spiro atoms. The van der Waals surface area contributed by atoms with Crippen LogP contribution in [0.1, 0.15) is 25.7 Å². The molecule has 1 fully saturated rings. The third kappa shape index (κ3) is 2.79. The first-order valence-electron chi connectivity index (χ1n) is 5.57. The molecule has 0 heterocycles. The number of nitrogens with one attached hydrogen (secondary N) is 1. The summed E-state index contributed by atoms with van der Waals surface area (Å²) in [5, 5.41) is -0.659. The second kappa shape index (κ2) is 5.33. The summed E-state index contributed by atoms with van der Waals surface area (Å²) in [6.45, 7) is 0. The topological polar surface area (TPSA) is 46.2 Å². The summed E-state index contributed by atoms with van der Waals surface area (Å²) in [6, 6.07) is 2.31. The Kier molecular flexibility index (Phi) is 4.16. The van der Waals surface area contributed by atoms with E-state index < -0.39 is 20.9 Å². The third-order valence-electron chi connectivity index (χ3n) is 2.97. The van der Waals surface area contributed by atoms with E-state index in [1.165, 1.54) is 12.1 Å². The molecule has 1 N–H and O–H groups in total. The monoisotopic (exact) mass is 311 g/mol. The first-order valence-corrected chi connectivity index (χ1v) is 7.81. The van der Waals surface area contributed by atoms with Gasteiger partial charge in [-0.25, -0.2) is 17.5 Å². The van der Waals surface area contributed by atoms with Crippen LogP contribution >= 0.6 is 23.2 Å². The minimum atomic E-state index is -3.79. The molecule has 2 rings (SSSR count). The highest BCUT2D eigenvalue weighted by atomic mass is 35.5. The first-order chi connectivity index (χ1) is 8.42. The molecule has 100 valence electrons. The van der Waals surface area contributed by atoms with Crippen LogP contribution in [-0.4, -0.2) is 14.5 Å². The van der Waals surface area contributed by atoms with Gasteiger partial charge in [-0.3, -0.25) is 0 Å². The van der Waals surface area contributed by atoms with Crippen LogP contribution in [-0.2, 0) is 10.0 Å². The third-order valence-corrected chi connectivity index (χ3v) is 5.30.